The third kappa shape index (κ3) is 3.00. The van der Waals surface area contributed by atoms with Gasteiger partial charge in [-0.2, -0.15) is 5.26 Å². The second-order valence-corrected chi connectivity index (χ2v) is 5.13. The van der Waals surface area contributed by atoms with Gasteiger partial charge in [0.05, 0.1) is 17.3 Å². The fourth-order valence-electron chi connectivity index (χ4n) is 1.86. The van der Waals surface area contributed by atoms with E-state index in [1.165, 1.54) is 0 Å². The van der Waals surface area contributed by atoms with Gasteiger partial charge in [0.2, 0.25) is 0 Å². The number of aromatic nitrogens is 2. The van der Waals surface area contributed by atoms with E-state index in [4.69, 9.17) is 5.26 Å². The maximum absolute atomic E-state index is 12.3. The Balaban J connectivity index is 2.13. The van der Waals surface area contributed by atoms with Gasteiger partial charge in [-0.15, -0.1) is 5.10 Å². The standard InChI is InChI=1S/C14H14N4OS/c1-3-12-13(20-17-16-12)14(19)18(2)9-11-6-4-5-10(7-11)8-15/h4-7H,3,9H2,1-2H3. The number of nitriles is 1. The first kappa shape index (κ1) is 14.2. The van der Waals surface area contributed by atoms with Crippen LogP contribution in [0.3, 0.4) is 0 Å². The third-order valence-corrected chi connectivity index (χ3v) is 3.66. The van der Waals surface area contributed by atoms with Gasteiger partial charge < -0.3 is 4.90 Å². The smallest absolute Gasteiger partial charge is 0.267 e. The van der Waals surface area contributed by atoms with Crippen molar-refractivity contribution < 1.29 is 4.79 Å². The summed E-state index contributed by atoms with van der Waals surface area (Å²) in [5.41, 5.74) is 2.25. The Hall–Kier alpha value is -2.26. The molecular formula is C14H14N4OS. The van der Waals surface area contributed by atoms with Crippen LogP contribution in [0.2, 0.25) is 0 Å². The van der Waals surface area contributed by atoms with E-state index in [0.717, 1.165) is 22.8 Å². The maximum Gasteiger partial charge on any atom is 0.267 e. The molecule has 0 radical (unpaired) electrons. The molecule has 2 rings (SSSR count). The van der Waals surface area contributed by atoms with E-state index in [-0.39, 0.29) is 5.91 Å². The van der Waals surface area contributed by atoms with Crippen LogP contribution in [-0.4, -0.2) is 27.4 Å². The number of carbonyl (C=O) groups is 1. The van der Waals surface area contributed by atoms with Crippen LogP contribution in [0.15, 0.2) is 24.3 Å². The summed E-state index contributed by atoms with van der Waals surface area (Å²) in [6.07, 6.45) is 0.690. The lowest BCUT2D eigenvalue weighted by Crippen LogP contribution is -2.26. The number of nitrogens with zero attached hydrogens (tertiary/aromatic N) is 4. The van der Waals surface area contributed by atoms with Gasteiger partial charge in [-0.3, -0.25) is 4.79 Å². The van der Waals surface area contributed by atoms with Crippen LogP contribution < -0.4 is 0 Å². The van der Waals surface area contributed by atoms with Crippen molar-refractivity contribution in [2.24, 2.45) is 0 Å². The predicted molar refractivity (Wildman–Crippen MR) is 76.2 cm³/mol. The summed E-state index contributed by atoms with van der Waals surface area (Å²) < 4.78 is 3.83. The third-order valence-electron chi connectivity index (χ3n) is 2.91. The van der Waals surface area contributed by atoms with Crippen molar-refractivity contribution in [3.63, 3.8) is 0 Å². The minimum atomic E-state index is -0.0841. The van der Waals surface area contributed by atoms with E-state index < -0.39 is 0 Å². The van der Waals surface area contributed by atoms with Crippen molar-refractivity contribution in [1.29, 1.82) is 5.26 Å². The molecule has 2 aromatic rings. The van der Waals surface area contributed by atoms with Gasteiger partial charge >= 0.3 is 0 Å². The number of hydrogen-bond acceptors (Lipinski definition) is 5. The Kier molecular flexibility index (Phi) is 4.43. The van der Waals surface area contributed by atoms with Crippen molar-refractivity contribution in [2.75, 3.05) is 7.05 Å². The number of benzene rings is 1. The molecule has 0 aliphatic heterocycles. The molecule has 0 unspecified atom stereocenters. The Morgan fingerprint density at radius 2 is 2.30 bits per heavy atom. The van der Waals surface area contributed by atoms with E-state index in [0.29, 0.717) is 23.4 Å². The lowest BCUT2D eigenvalue weighted by Gasteiger charge is -2.16. The monoisotopic (exact) mass is 286 g/mol. The quantitative estimate of drug-likeness (QED) is 0.864. The molecule has 0 aliphatic rings. The molecule has 0 saturated heterocycles. The molecule has 20 heavy (non-hydrogen) atoms. The van der Waals surface area contributed by atoms with Gasteiger partial charge in [-0.25, -0.2) is 0 Å². The highest BCUT2D eigenvalue weighted by molar-refractivity contribution is 7.07. The largest absolute Gasteiger partial charge is 0.337 e. The zero-order valence-electron chi connectivity index (χ0n) is 11.3. The minimum Gasteiger partial charge on any atom is -0.337 e. The van der Waals surface area contributed by atoms with Crippen LogP contribution in [0.25, 0.3) is 0 Å². The number of hydrogen-bond donors (Lipinski definition) is 0. The first-order chi connectivity index (χ1) is 9.65. The van der Waals surface area contributed by atoms with Gasteiger partial charge in [0.25, 0.3) is 5.91 Å². The fraction of sp³-hybridized carbons (Fsp3) is 0.286. The molecule has 1 amide bonds. The second kappa shape index (κ2) is 6.26. The van der Waals surface area contributed by atoms with E-state index in [1.807, 2.05) is 19.1 Å². The summed E-state index contributed by atoms with van der Waals surface area (Å²) in [6.45, 7) is 2.40. The molecule has 6 heteroatoms. The average molecular weight is 286 g/mol. The van der Waals surface area contributed by atoms with Crippen LogP contribution in [0, 0.1) is 11.3 Å². The molecule has 0 atom stereocenters. The Morgan fingerprint density at radius 1 is 1.50 bits per heavy atom. The summed E-state index contributed by atoms with van der Waals surface area (Å²) in [5.74, 6) is -0.0841. The van der Waals surface area contributed by atoms with Crippen molar-refractivity contribution in [3.8, 4) is 6.07 Å². The molecule has 1 aromatic heterocycles. The topological polar surface area (TPSA) is 69.9 Å². The van der Waals surface area contributed by atoms with Gasteiger partial charge in [0, 0.05) is 13.6 Å². The lowest BCUT2D eigenvalue weighted by molar-refractivity contribution is 0.0788. The van der Waals surface area contributed by atoms with Crippen molar-refractivity contribution in [3.05, 3.63) is 46.0 Å². The van der Waals surface area contributed by atoms with E-state index in [2.05, 4.69) is 15.7 Å². The highest BCUT2D eigenvalue weighted by atomic mass is 32.1. The summed E-state index contributed by atoms with van der Waals surface area (Å²) >= 11 is 1.12. The summed E-state index contributed by atoms with van der Waals surface area (Å²) in [7, 11) is 1.74. The normalized spacial score (nSPS) is 10.1. The van der Waals surface area contributed by atoms with Crippen LogP contribution in [-0.2, 0) is 13.0 Å². The molecule has 0 saturated carbocycles. The molecule has 1 heterocycles. The minimum absolute atomic E-state index is 0.0841. The molecule has 5 nitrogen and oxygen atoms in total. The number of carbonyl (C=O) groups excluding carboxylic acids is 1. The summed E-state index contributed by atoms with van der Waals surface area (Å²) in [5, 5.41) is 12.8. The van der Waals surface area contributed by atoms with Gasteiger partial charge in [0.15, 0.2) is 0 Å². The Labute approximate surface area is 121 Å². The summed E-state index contributed by atoms with van der Waals surface area (Å²) in [4.78, 5) is 14.5. The first-order valence-corrected chi connectivity index (χ1v) is 6.98. The molecule has 1 aromatic carbocycles. The number of aryl methyl sites for hydroxylation is 1. The Bertz CT molecular complexity index is 659. The first-order valence-electron chi connectivity index (χ1n) is 6.21. The van der Waals surface area contributed by atoms with Crippen LogP contribution >= 0.6 is 11.5 Å². The molecule has 0 aliphatic carbocycles. The van der Waals surface area contributed by atoms with Crippen molar-refractivity contribution in [2.45, 2.75) is 19.9 Å². The zero-order valence-corrected chi connectivity index (χ0v) is 12.1. The number of amides is 1. The molecule has 102 valence electrons. The van der Waals surface area contributed by atoms with E-state index >= 15 is 0 Å². The average Bonchev–Trinajstić information content (AvgIpc) is 2.95. The van der Waals surface area contributed by atoms with Crippen molar-refractivity contribution in [1.82, 2.24) is 14.5 Å². The zero-order chi connectivity index (χ0) is 14.5. The van der Waals surface area contributed by atoms with Crippen LogP contribution in [0.5, 0.6) is 0 Å². The lowest BCUT2D eigenvalue weighted by atomic mass is 10.1. The van der Waals surface area contributed by atoms with Crippen LogP contribution in [0.4, 0.5) is 0 Å². The van der Waals surface area contributed by atoms with Crippen molar-refractivity contribution >= 4 is 17.4 Å². The predicted octanol–water partition coefficient (Wildman–Crippen LogP) is 2.24. The Morgan fingerprint density at radius 3 is 3.00 bits per heavy atom. The molecule has 0 bridgehead atoms. The molecule has 0 fully saturated rings. The maximum atomic E-state index is 12.3. The van der Waals surface area contributed by atoms with E-state index in [9.17, 15) is 4.79 Å². The summed E-state index contributed by atoms with van der Waals surface area (Å²) in [6, 6.07) is 9.34. The van der Waals surface area contributed by atoms with Crippen LogP contribution in [0.1, 0.15) is 33.4 Å². The van der Waals surface area contributed by atoms with E-state index in [1.54, 1.807) is 24.1 Å². The SMILES string of the molecule is CCc1nnsc1C(=O)N(C)Cc1cccc(C#N)c1. The van der Waals surface area contributed by atoms with Gasteiger partial charge in [-0.1, -0.05) is 23.5 Å². The highest BCUT2D eigenvalue weighted by Crippen LogP contribution is 2.15. The molecule has 0 N–H and O–H groups in total. The number of rotatable bonds is 4. The van der Waals surface area contributed by atoms with Gasteiger partial charge in [-0.05, 0) is 35.6 Å². The van der Waals surface area contributed by atoms with Gasteiger partial charge in [0.1, 0.15) is 4.88 Å². The molecular weight excluding hydrogens is 272 g/mol. The molecule has 0 spiro atoms. The second-order valence-electron chi connectivity index (χ2n) is 4.38. The fourth-order valence-corrected chi connectivity index (χ4v) is 2.61. The highest BCUT2D eigenvalue weighted by Gasteiger charge is 2.19.